The quantitative estimate of drug-likeness (QED) is 0.555. The fourth-order valence-corrected chi connectivity index (χ4v) is 3.88. The summed E-state index contributed by atoms with van der Waals surface area (Å²) in [6, 6.07) is 0.190. The van der Waals surface area contributed by atoms with E-state index in [2.05, 4.69) is 0 Å². The smallest absolute Gasteiger partial charge is 0.222 e. The minimum atomic E-state index is -0.108. The molecule has 1 saturated carbocycles. The van der Waals surface area contributed by atoms with E-state index in [0.29, 0.717) is 12.3 Å². The Kier molecular flexibility index (Phi) is 1.64. The fourth-order valence-electron chi connectivity index (χ4n) is 3.88. The van der Waals surface area contributed by atoms with Crippen molar-refractivity contribution in [3.05, 3.63) is 0 Å². The first kappa shape index (κ1) is 9.16. The van der Waals surface area contributed by atoms with Gasteiger partial charge in [0.1, 0.15) is 6.10 Å². The van der Waals surface area contributed by atoms with Crippen molar-refractivity contribution in [1.82, 2.24) is 4.90 Å². The van der Waals surface area contributed by atoms with E-state index < -0.39 is 0 Å². The summed E-state index contributed by atoms with van der Waals surface area (Å²) in [5.41, 5.74) is 0. The van der Waals surface area contributed by atoms with Crippen molar-refractivity contribution in [2.75, 3.05) is 6.54 Å². The lowest BCUT2D eigenvalue weighted by Crippen LogP contribution is -2.59. The highest BCUT2D eigenvalue weighted by Gasteiger charge is 2.61. The normalized spacial score (nSPS) is 49.8. The second-order valence-electron chi connectivity index (χ2n) is 5.53. The monoisotopic (exact) mass is 221 g/mol. The summed E-state index contributed by atoms with van der Waals surface area (Å²) in [6.45, 7) is 0.828. The van der Waals surface area contributed by atoms with Gasteiger partial charge in [0.2, 0.25) is 5.91 Å². The highest BCUT2D eigenvalue weighted by atomic mass is 16.6. The van der Waals surface area contributed by atoms with Crippen LogP contribution in [0, 0.1) is 11.8 Å². The van der Waals surface area contributed by atoms with Gasteiger partial charge in [0.05, 0.1) is 6.10 Å². The maximum atomic E-state index is 12.1. The largest absolute Gasteiger partial charge is 0.361 e. The van der Waals surface area contributed by atoms with E-state index in [0.717, 1.165) is 25.8 Å². The lowest BCUT2D eigenvalue weighted by Gasteiger charge is -2.47. The number of epoxide rings is 1. The summed E-state index contributed by atoms with van der Waals surface area (Å²) >= 11 is 0. The van der Waals surface area contributed by atoms with Crippen LogP contribution in [0.2, 0.25) is 0 Å². The van der Waals surface area contributed by atoms with E-state index in [4.69, 9.17) is 4.74 Å². The molecule has 4 rings (SSSR count). The van der Waals surface area contributed by atoms with Crippen LogP contribution < -0.4 is 0 Å². The van der Waals surface area contributed by atoms with E-state index >= 15 is 0 Å². The van der Waals surface area contributed by atoms with Crippen LogP contribution in [0.25, 0.3) is 0 Å². The summed E-state index contributed by atoms with van der Waals surface area (Å²) in [4.78, 5) is 25.9. The molecule has 1 aliphatic carbocycles. The number of amides is 1. The van der Waals surface area contributed by atoms with Crippen molar-refractivity contribution in [3.8, 4) is 0 Å². The average Bonchev–Trinajstić information content (AvgIpc) is 3.07. The fraction of sp³-hybridized carbons (Fsp3) is 0.833. The van der Waals surface area contributed by atoms with Crippen molar-refractivity contribution < 1.29 is 14.3 Å². The maximum Gasteiger partial charge on any atom is 0.222 e. The summed E-state index contributed by atoms with van der Waals surface area (Å²) in [5, 5.41) is 0. The van der Waals surface area contributed by atoms with Crippen LogP contribution >= 0.6 is 0 Å². The van der Waals surface area contributed by atoms with Crippen molar-refractivity contribution in [1.29, 1.82) is 0 Å². The third kappa shape index (κ3) is 1.03. The zero-order valence-corrected chi connectivity index (χ0v) is 9.09. The Morgan fingerprint density at radius 3 is 3.06 bits per heavy atom. The summed E-state index contributed by atoms with van der Waals surface area (Å²) in [7, 11) is 0. The van der Waals surface area contributed by atoms with Crippen LogP contribution in [0.5, 0.6) is 0 Å². The topological polar surface area (TPSA) is 49.9 Å². The number of hydrogen-bond acceptors (Lipinski definition) is 3. The summed E-state index contributed by atoms with van der Waals surface area (Å²) in [6.07, 6.45) is 3.60. The van der Waals surface area contributed by atoms with E-state index in [1.807, 2.05) is 4.90 Å². The first-order chi connectivity index (χ1) is 7.75. The van der Waals surface area contributed by atoms with Gasteiger partial charge in [-0.3, -0.25) is 9.59 Å². The Labute approximate surface area is 93.9 Å². The molecule has 2 bridgehead atoms. The number of carbonyl (C=O) groups is 2. The zero-order chi connectivity index (χ0) is 10.9. The van der Waals surface area contributed by atoms with Gasteiger partial charge >= 0.3 is 0 Å². The number of Topliss-reactive ketones (excluding diaryl/α,β-unsaturated/α-hetero) is 1. The van der Waals surface area contributed by atoms with Crippen molar-refractivity contribution in [3.63, 3.8) is 0 Å². The minimum absolute atomic E-state index is 0.0757. The van der Waals surface area contributed by atoms with Crippen LogP contribution in [-0.4, -0.2) is 41.4 Å². The SMILES string of the molecule is O=C1[C@H]2O[C@H]2[C@H]2C[C@@H]1[C@H]1CCCC(=O)N1C2. The molecule has 3 aliphatic heterocycles. The molecule has 3 saturated heterocycles. The first-order valence-corrected chi connectivity index (χ1v) is 6.24. The third-order valence-electron chi connectivity index (χ3n) is 4.70. The molecule has 86 valence electrons. The molecule has 5 atom stereocenters. The molecule has 0 aromatic rings. The van der Waals surface area contributed by atoms with E-state index in [-0.39, 0.29) is 35.9 Å². The van der Waals surface area contributed by atoms with Crippen molar-refractivity contribution in [2.24, 2.45) is 11.8 Å². The summed E-state index contributed by atoms with van der Waals surface area (Å²) in [5.74, 6) is 1.02. The van der Waals surface area contributed by atoms with Crippen molar-refractivity contribution >= 4 is 11.7 Å². The molecule has 4 nitrogen and oxygen atoms in total. The molecule has 0 aromatic heterocycles. The molecule has 0 spiro atoms. The highest BCUT2D eigenvalue weighted by Crippen LogP contribution is 2.48. The van der Waals surface area contributed by atoms with Gasteiger partial charge < -0.3 is 9.64 Å². The van der Waals surface area contributed by atoms with Gasteiger partial charge in [-0.05, 0) is 19.3 Å². The Bertz CT molecular complexity index is 380. The Morgan fingerprint density at radius 1 is 1.31 bits per heavy atom. The number of ether oxygens (including phenoxy) is 1. The predicted octanol–water partition coefficient (Wildman–Crippen LogP) is 0.354. The number of piperidine rings is 2. The second-order valence-corrected chi connectivity index (χ2v) is 5.53. The van der Waals surface area contributed by atoms with Gasteiger partial charge in [-0.15, -0.1) is 0 Å². The number of ketones is 1. The number of rotatable bonds is 0. The second kappa shape index (κ2) is 2.86. The number of nitrogens with zero attached hydrogens (tertiary/aromatic N) is 1. The van der Waals surface area contributed by atoms with Gasteiger partial charge in [-0.1, -0.05) is 0 Å². The Hall–Kier alpha value is -0.900. The zero-order valence-electron chi connectivity index (χ0n) is 9.09. The Balaban J connectivity index is 1.70. The van der Waals surface area contributed by atoms with Gasteiger partial charge in [-0.25, -0.2) is 0 Å². The van der Waals surface area contributed by atoms with E-state index in [1.54, 1.807) is 0 Å². The average molecular weight is 221 g/mol. The molecule has 0 N–H and O–H groups in total. The number of carbonyl (C=O) groups excluding carboxylic acids is 2. The lowest BCUT2D eigenvalue weighted by molar-refractivity contribution is -0.146. The molecule has 0 radical (unpaired) electrons. The standard InChI is InChI=1S/C12H15NO3/c14-9-3-1-2-8-7-4-6(5-13(8)9)11-12(16-11)10(7)15/h6-8,11-12H,1-5H2/t6-,7+,8+,11-,12+/m0/s1. The number of hydrogen-bond donors (Lipinski definition) is 0. The maximum absolute atomic E-state index is 12.1. The van der Waals surface area contributed by atoms with Gasteiger partial charge in [0.15, 0.2) is 5.78 Å². The third-order valence-corrected chi connectivity index (χ3v) is 4.70. The molecule has 16 heavy (non-hydrogen) atoms. The molecule has 0 aromatic carbocycles. The lowest BCUT2D eigenvalue weighted by atomic mass is 9.70. The predicted molar refractivity (Wildman–Crippen MR) is 54.6 cm³/mol. The summed E-state index contributed by atoms with van der Waals surface area (Å²) < 4.78 is 5.46. The van der Waals surface area contributed by atoms with Gasteiger partial charge in [0.25, 0.3) is 0 Å². The Morgan fingerprint density at radius 2 is 2.19 bits per heavy atom. The van der Waals surface area contributed by atoms with Crippen LogP contribution in [0.1, 0.15) is 25.7 Å². The first-order valence-electron chi connectivity index (χ1n) is 6.24. The van der Waals surface area contributed by atoms with Crippen LogP contribution in [0.3, 0.4) is 0 Å². The molecule has 4 aliphatic rings. The van der Waals surface area contributed by atoms with Crippen LogP contribution in [0.15, 0.2) is 0 Å². The highest BCUT2D eigenvalue weighted by molar-refractivity contribution is 5.91. The van der Waals surface area contributed by atoms with E-state index in [9.17, 15) is 9.59 Å². The van der Waals surface area contributed by atoms with Crippen LogP contribution in [0.4, 0.5) is 0 Å². The van der Waals surface area contributed by atoms with Crippen molar-refractivity contribution in [2.45, 2.75) is 43.9 Å². The molecule has 3 heterocycles. The molecular weight excluding hydrogens is 206 g/mol. The molecule has 0 unspecified atom stereocenters. The minimum Gasteiger partial charge on any atom is -0.361 e. The molecule has 4 fully saturated rings. The van der Waals surface area contributed by atoms with Crippen LogP contribution in [-0.2, 0) is 14.3 Å². The molecular formula is C12H15NO3. The molecule has 4 heteroatoms. The van der Waals surface area contributed by atoms with Gasteiger partial charge in [-0.2, -0.15) is 0 Å². The van der Waals surface area contributed by atoms with Gasteiger partial charge in [0, 0.05) is 30.8 Å². The molecule has 1 amide bonds. The number of fused-ring (bicyclic) bond motifs is 6. The van der Waals surface area contributed by atoms with E-state index in [1.165, 1.54) is 0 Å².